The second kappa shape index (κ2) is 10.6. The van der Waals surface area contributed by atoms with E-state index in [4.69, 9.17) is 0 Å². The molecule has 44 heavy (non-hydrogen) atoms. The molecule has 1 aliphatic heterocycles. The van der Waals surface area contributed by atoms with Crippen LogP contribution in [-0.4, -0.2) is 16.1 Å². The molecule has 0 fully saturated rings. The fraction of sp³-hybridized carbons (Fsp3) is 0.0750. The molecule has 0 bridgehead atoms. The summed E-state index contributed by atoms with van der Waals surface area (Å²) in [6.45, 7) is 3.74. The lowest BCUT2D eigenvalue weighted by atomic mass is 9.68. The first-order valence-corrected chi connectivity index (χ1v) is 14.7. The van der Waals surface area contributed by atoms with E-state index in [1.807, 2.05) is 153 Å². The summed E-state index contributed by atoms with van der Waals surface area (Å²) in [4.78, 5) is 17.2. The standard InChI is InChI=1S/C40H31NO3/c1-26-22-30(24-33(37(26)42)28-14-6-3-7-15-28)40(31-23-27(2)38(43)34(25-31)29-16-8-4-9-17-29)35-20-12-13-21-36(35)41(39(40)44)32-18-10-5-11-19-32/h3-25,42-43H,1-2H3. The average molecular weight is 574 g/mol. The summed E-state index contributed by atoms with van der Waals surface area (Å²) in [6.07, 6.45) is 0. The maximum atomic E-state index is 15.4. The van der Waals surface area contributed by atoms with Gasteiger partial charge in [0.1, 0.15) is 16.9 Å². The number of benzene rings is 6. The highest BCUT2D eigenvalue weighted by molar-refractivity contribution is 6.17. The van der Waals surface area contributed by atoms with E-state index < -0.39 is 5.41 Å². The van der Waals surface area contributed by atoms with Gasteiger partial charge in [-0.3, -0.25) is 9.69 Å². The van der Waals surface area contributed by atoms with Crippen LogP contribution in [-0.2, 0) is 10.2 Å². The van der Waals surface area contributed by atoms with E-state index >= 15 is 4.79 Å². The molecule has 214 valence electrons. The topological polar surface area (TPSA) is 60.8 Å². The predicted octanol–water partition coefficient (Wildman–Crippen LogP) is 9.06. The van der Waals surface area contributed by atoms with Crippen molar-refractivity contribution in [3.05, 3.63) is 167 Å². The van der Waals surface area contributed by atoms with Crippen LogP contribution in [0.3, 0.4) is 0 Å². The third-order valence-electron chi connectivity index (χ3n) is 8.72. The predicted molar refractivity (Wildman–Crippen MR) is 176 cm³/mol. The molecule has 0 radical (unpaired) electrons. The number of hydrogen-bond donors (Lipinski definition) is 2. The first-order valence-electron chi connectivity index (χ1n) is 14.7. The monoisotopic (exact) mass is 573 g/mol. The maximum absolute atomic E-state index is 15.4. The van der Waals surface area contributed by atoms with E-state index in [0.29, 0.717) is 22.3 Å². The van der Waals surface area contributed by atoms with Crippen LogP contribution >= 0.6 is 0 Å². The van der Waals surface area contributed by atoms with Gasteiger partial charge in [-0.15, -0.1) is 0 Å². The van der Waals surface area contributed by atoms with E-state index in [2.05, 4.69) is 0 Å². The van der Waals surface area contributed by atoms with Gasteiger partial charge in [0.25, 0.3) is 5.91 Å². The highest BCUT2D eigenvalue weighted by Crippen LogP contribution is 2.55. The smallest absolute Gasteiger partial charge is 0.251 e. The number of phenols is 2. The normalized spacial score (nSPS) is 13.6. The molecular weight excluding hydrogens is 542 g/mol. The zero-order valence-corrected chi connectivity index (χ0v) is 24.5. The van der Waals surface area contributed by atoms with Crippen molar-refractivity contribution < 1.29 is 15.0 Å². The Balaban J connectivity index is 1.60. The Labute approximate surface area is 257 Å². The van der Waals surface area contributed by atoms with Gasteiger partial charge < -0.3 is 10.2 Å². The minimum atomic E-state index is -1.28. The van der Waals surface area contributed by atoms with Gasteiger partial charge in [-0.1, -0.05) is 109 Å². The molecule has 1 aliphatic rings. The van der Waals surface area contributed by atoms with Crippen LogP contribution in [0.5, 0.6) is 11.5 Å². The number of carbonyl (C=O) groups excluding carboxylic acids is 1. The van der Waals surface area contributed by atoms with Crippen molar-refractivity contribution in [2.75, 3.05) is 4.90 Å². The van der Waals surface area contributed by atoms with Crippen LogP contribution in [0.2, 0.25) is 0 Å². The zero-order valence-electron chi connectivity index (χ0n) is 24.5. The molecule has 6 aromatic rings. The van der Waals surface area contributed by atoms with Crippen molar-refractivity contribution in [2.45, 2.75) is 19.3 Å². The first-order chi connectivity index (χ1) is 21.4. The molecule has 6 aromatic carbocycles. The number of rotatable bonds is 5. The van der Waals surface area contributed by atoms with Gasteiger partial charge in [-0.2, -0.15) is 0 Å². The number of anilines is 2. The number of nitrogens with zero attached hydrogens (tertiary/aromatic N) is 1. The van der Waals surface area contributed by atoms with Crippen LogP contribution in [0.15, 0.2) is 140 Å². The lowest BCUT2D eigenvalue weighted by Gasteiger charge is -2.32. The number of para-hydroxylation sites is 2. The molecule has 0 atom stereocenters. The van der Waals surface area contributed by atoms with Gasteiger partial charge in [0, 0.05) is 22.4 Å². The summed E-state index contributed by atoms with van der Waals surface area (Å²) in [6, 6.07) is 44.9. The molecular formula is C40H31NO3. The molecule has 2 N–H and O–H groups in total. The number of amides is 1. The molecule has 4 heteroatoms. The van der Waals surface area contributed by atoms with Crippen molar-refractivity contribution >= 4 is 17.3 Å². The van der Waals surface area contributed by atoms with Crippen molar-refractivity contribution in [1.29, 1.82) is 0 Å². The van der Waals surface area contributed by atoms with Crippen LogP contribution in [0.25, 0.3) is 22.3 Å². The number of hydrogen-bond acceptors (Lipinski definition) is 3. The molecule has 1 heterocycles. The molecule has 0 aliphatic carbocycles. The van der Waals surface area contributed by atoms with Gasteiger partial charge in [0.2, 0.25) is 0 Å². The quantitative estimate of drug-likeness (QED) is 0.216. The van der Waals surface area contributed by atoms with Gasteiger partial charge in [-0.25, -0.2) is 0 Å². The summed E-state index contributed by atoms with van der Waals surface area (Å²) in [5, 5.41) is 22.6. The van der Waals surface area contributed by atoms with Crippen LogP contribution < -0.4 is 4.90 Å². The molecule has 0 spiro atoms. The van der Waals surface area contributed by atoms with E-state index in [1.165, 1.54) is 0 Å². The summed E-state index contributed by atoms with van der Waals surface area (Å²) in [5.41, 5.74) is 6.96. The molecule has 1 amide bonds. The van der Waals surface area contributed by atoms with Gasteiger partial charge in [0.15, 0.2) is 0 Å². The van der Waals surface area contributed by atoms with E-state index in [0.717, 1.165) is 39.2 Å². The van der Waals surface area contributed by atoms with E-state index in [-0.39, 0.29) is 17.4 Å². The fourth-order valence-corrected chi connectivity index (χ4v) is 6.60. The van der Waals surface area contributed by atoms with E-state index in [9.17, 15) is 10.2 Å². The number of aryl methyl sites for hydroxylation is 2. The Kier molecular flexibility index (Phi) is 6.55. The van der Waals surface area contributed by atoms with Gasteiger partial charge in [0.05, 0.1) is 5.69 Å². The molecule has 0 saturated carbocycles. The van der Waals surface area contributed by atoms with E-state index in [1.54, 1.807) is 4.90 Å². The number of fused-ring (bicyclic) bond motifs is 1. The number of carbonyl (C=O) groups is 1. The summed E-state index contributed by atoms with van der Waals surface area (Å²) in [5.74, 6) is 0.235. The molecule has 0 saturated heterocycles. The average Bonchev–Trinajstić information content (AvgIpc) is 3.33. The lowest BCUT2D eigenvalue weighted by molar-refractivity contribution is -0.120. The van der Waals surface area contributed by atoms with Crippen LogP contribution in [0.1, 0.15) is 27.8 Å². The third-order valence-corrected chi connectivity index (χ3v) is 8.72. The number of aromatic hydroxyl groups is 2. The highest BCUT2D eigenvalue weighted by atomic mass is 16.3. The van der Waals surface area contributed by atoms with Crippen molar-refractivity contribution in [1.82, 2.24) is 0 Å². The summed E-state index contributed by atoms with van der Waals surface area (Å²) < 4.78 is 0. The Morgan fingerprint density at radius 1 is 0.545 bits per heavy atom. The second-order valence-electron chi connectivity index (χ2n) is 11.4. The molecule has 4 nitrogen and oxygen atoms in total. The Bertz CT molecular complexity index is 1920. The highest BCUT2D eigenvalue weighted by Gasteiger charge is 2.54. The van der Waals surface area contributed by atoms with Gasteiger partial charge >= 0.3 is 0 Å². The Morgan fingerprint density at radius 2 is 0.977 bits per heavy atom. The SMILES string of the molecule is Cc1cc(C2(c3cc(C)c(O)c(-c4ccccc4)c3)C(=O)N(c3ccccc3)c3ccccc32)cc(-c2ccccc2)c1O. The van der Waals surface area contributed by atoms with Crippen molar-refractivity contribution in [2.24, 2.45) is 0 Å². The largest absolute Gasteiger partial charge is 0.507 e. The van der Waals surface area contributed by atoms with Gasteiger partial charge in [-0.05, 0) is 77.6 Å². The second-order valence-corrected chi connectivity index (χ2v) is 11.4. The molecule has 0 aromatic heterocycles. The minimum absolute atomic E-state index is 0.127. The Morgan fingerprint density at radius 3 is 1.48 bits per heavy atom. The lowest BCUT2D eigenvalue weighted by Crippen LogP contribution is -2.40. The molecule has 7 rings (SSSR count). The fourth-order valence-electron chi connectivity index (χ4n) is 6.60. The maximum Gasteiger partial charge on any atom is 0.251 e. The van der Waals surface area contributed by atoms with Crippen LogP contribution in [0.4, 0.5) is 11.4 Å². The Hall–Kier alpha value is -5.61. The van der Waals surface area contributed by atoms with Crippen LogP contribution in [0, 0.1) is 13.8 Å². The minimum Gasteiger partial charge on any atom is -0.507 e. The zero-order chi connectivity index (χ0) is 30.4. The first kappa shape index (κ1) is 27.2. The third kappa shape index (κ3) is 4.10. The summed E-state index contributed by atoms with van der Waals surface area (Å²) in [7, 11) is 0. The number of phenolic OH excluding ortho intramolecular Hbond substituents is 2. The molecule has 0 unspecified atom stereocenters. The van der Waals surface area contributed by atoms with Crippen molar-refractivity contribution in [3.63, 3.8) is 0 Å². The summed E-state index contributed by atoms with van der Waals surface area (Å²) >= 11 is 0. The van der Waals surface area contributed by atoms with Crippen molar-refractivity contribution in [3.8, 4) is 33.8 Å².